The van der Waals surface area contributed by atoms with E-state index in [0.717, 1.165) is 11.1 Å². The van der Waals surface area contributed by atoms with Crippen LogP contribution >= 0.6 is 0 Å². The highest BCUT2D eigenvalue weighted by molar-refractivity contribution is 6.17. The zero-order valence-electron chi connectivity index (χ0n) is 10.7. The minimum Gasteiger partial charge on any atom is -0.465 e. The SMILES string of the molecule is C/C=C(/C(=O)OC)c1ccncc1/C=C/C1CC1. The molecule has 0 spiro atoms. The second-order valence-corrected chi connectivity index (χ2v) is 4.35. The number of ether oxygens (including phenoxy) is 1. The van der Waals surface area contributed by atoms with E-state index >= 15 is 0 Å². The van der Waals surface area contributed by atoms with E-state index in [1.165, 1.54) is 20.0 Å². The van der Waals surface area contributed by atoms with Crippen LogP contribution in [0.25, 0.3) is 11.6 Å². The summed E-state index contributed by atoms with van der Waals surface area (Å²) in [6, 6.07) is 1.85. The van der Waals surface area contributed by atoms with Crippen molar-refractivity contribution >= 4 is 17.6 Å². The smallest absolute Gasteiger partial charge is 0.338 e. The third-order valence-corrected chi connectivity index (χ3v) is 3.01. The summed E-state index contributed by atoms with van der Waals surface area (Å²) in [6.45, 7) is 1.83. The Bertz CT molecular complexity index is 499. The van der Waals surface area contributed by atoms with Crippen LogP contribution in [-0.4, -0.2) is 18.1 Å². The first kappa shape index (κ1) is 12.6. The Labute approximate surface area is 107 Å². The number of nitrogens with zero attached hydrogens (tertiary/aromatic N) is 1. The Morgan fingerprint density at radius 1 is 1.50 bits per heavy atom. The highest BCUT2D eigenvalue weighted by atomic mass is 16.5. The molecule has 1 saturated carbocycles. The lowest BCUT2D eigenvalue weighted by Gasteiger charge is -2.08. The first-order valence-corrected chi connectivity index (χ1v) is 6.13. The molecule has 0 atom stereocenters. The molecule has 1 aromatic heterocycles. The van der Waals surface area contributed by atoms with E-state index in [9.17, 15) is 4.79 Å². The number of hydrogen-bond acceptors (Lipinski definition) is 3. The first-order chi connectivity index (χ1) is 8.76. The summed E-state index contributed by atoms with van der Waals surface area (Å²) in [4.78, 5) is 15.8. The number of carbonyl (C=O) groups is 1. The van der Waals surface area contributed by atoms with Gasteiger partial charge in [0, 0.05) is 18.0 Å². The molecule has 3 nitrogen and oxygen atoms in total. The van der Waals surface area contributed by atoms with Crippen molar-refractivity contribution in [2.45, 2.75) is 19.8 Å². The minimum absolute atomic E-state index is 0.315. The summed E-state index contributed by atoms with van der Waals surface area (Å²) in [6.07, 6.45) is 12.0. The molecule has 1 heterocycles. The Hall–Kier alpha value is -1.90. The first-order valence-electron chi connectivity index (χ1n) is 6.13. The van der Waals surface area contributed by atoms with Crippen molar-refractivity contribution < 1.29 is 9.53 Å². The maximum absolute atomic E-state index is 11.7. The topological polar surface area (TPSA) is 39.2 Å². The number of methoxy groups -OCH3 is 1. The van der Waals surface area contributed by atoms with Crippen LogP contribution in [0.1, 0.15) is 30.9 Å². The van der Waals surface area contributed by atoms with Crippen LogP contribution in [0, 0.1) is 5.92 Å². The van der Waals surface area contributed by atoms with Gasteiger partial charge in [0.15, 0.2) is 0 Å². The fourth-order valence-electron chi connectivity index (χ4n) is 1.81. The molecule has 0 bridgehead atoms. The Morgan fingerprint density at radius 3 is 2.89 bits per heavy atom. The van der Waals surface area contributed by atoms with Gasteiger partial charge in [0.25, 0.3) is 0 Å². The lowest BCUT2D eigenvalue weighted by Crippen LogP contribution is -2.05. The van der Waals surface area contributed by atoms with Gasteiger partial charge in [-0.25, -0.2) is 4.79 Å². The van der Waals surface area contributed by atoms with E-state index in [1.54, 1.807) is 18.5 Å². The Morgan fingerprint density at radius 2 is 2.28 bits per heavy atom. The molecule has 1 fully saturated rings. The molecule has 2 rings (SSSR count). The largest absolute Gasteiger partial charge is 0.465 e. The molecule has 18 heavy (non-hydrogen) atoms. The van der Waals surface area contributed by atoms with Gasteiger partial charge in [-0.05, 0) is 37.3 Å². The molecule has 0 N–H and O–H groups in total. The number of aromatic nitrogens is 1. The number of pyridine rings is 1. The van der Waals surface area contributed by atoms with Gasteiger partial charge in [-0.1, -0.05) is 18.2 Å². The Kier molecular flexibility index (Phi) is 3.92. The van der Waals surface area contributed by atoms with E-state index in [1.807, 2.05) is 19.1 Å². The number of hydrogen-bond donors (Lipinski definition) is 0. The van der Waals surface area contributed by atoms with Gasteiger partial charge in [-0.15, -0.1) is 0 Å². The molecule has 0 radical (unpaired) electrons. The number of rotatable bonds is 4. The fourth-order valence-corrected chi connectivity index (χ4v) is 1.81. The molecule has 94 valence electrons. The van der Waals surface area contributed by atoms with Gasteiger partial charge in [0.1, 0.15) is 0 Å². The normalized spacial score (nSPS) is 16.0. The second kappa shape index (κ2) is 5.63. The lowest BCUT2D eigenvalue weighted by atomic mass is 10.0. The summed E-state index contributed by atoms with van der Waals surface area (Å²) < 4.78 is 4.80. The molecule has 0 aliphatic heterocycles. The van der Waals surface area contributed by atoms with Crippen molar-refractivity contribution in [3.8, 4) is 0 Å². The molecule has 1 aromatic rings. The van der Waals surface area contributed by atoms with Crippen LogP contribution < -0.4 is 0 Å². The van der Waals surface area contributed by atoms with Crippen molar-refractivity contribution in [2.75, 3.05) is 7.11 Å². The highest BCUT2D eigenvalue weighted by Crippen LogP contribution is 2.31. The van der Waals surface area contributed by atoms with Crippen LogP contribution in [0.15, 0.2) is 30.6 Å². The maximum atomic E-state index is 11.7. The number of allylic oxidation sites excluding steroid dienone is 2. The molecule has 0 saturated heterocycles. The van der Waals surface area contributed by atoms with E-state index in [4.69, 9.17) is 4.74 Å². The maximum Gasteiger partial charge on any atom is 0.338 e. The van der Waals surface area contributed by atoms with Crippen LogP contribution in [0.4, 0.5) is 0 Å². The highest BCUT2D eigenvalue weighted by Gasteiger charge is 2.18. The van der Waals surface area contributed by atoms with Gasteiger partial charge in [0.2, 0.25) is 0 Å². The molecule has 1 aliphatic carbocycles. The van der Waals surface area contributed by atoms with E-state index < -0.39 is 0 Å². The van der Waals surface area contributed by atoms with E-state index in [2.05, 4.69) is 11.1 Å². The average molecular weight is 243 g/mol. The summed E-state index contributed by atoms with van der Waals surface area (Å²) in [5.41, 5.74) is 2.41. The molecular weight excluding hydrogens is 226 g/mol. The number of esters is 1. The van der Waals surface area contributed by atoms with Gasteiger partial charge < -0.3 is 4.74 Å². The molecule has 0 amide bonds. The van der Waals surface area contributed by atoms with Crippen molar-refractivity contribution in [3.63, 3.8) is 0 Å². The summed E-state index contributed by atoms with van der Waals surface area (Å²) in [5, 5.41) is 0. The average Bonchev–Trinajstić information content (AvgIpc) is 3.22. The van der Waals surface area contributed by atoms with Crippen LogP contribution in [-0.2, 0) is 9.53 Å². The number of carbonyl (C=O) groups excluding carboxylic acids is 1. The van der Waals surface area contributed by atoms with Crippen molar-refractivity contribution in [3.05, 3.63) is 41.7 Å². The predicted molar refractivity (Wildman–Crippen MR) is 71.7 cm³/mol. The molecule has 0 aromatic carbocycles. The van der Waals surface area contributed by atoms with Gasteiger partial charge >= 0.3 is 5.97 Å². The predicted octanol–water partition coefficient (Wildman–Crippen LogP) is 3.08. The quantitative estimate of drug-likeness (QED) is 0.602. The third kappa shape index (κ3) is 2.86. The van der Waals surface area contributed by atoms with Crippen molar-refractivity contribution in [2.24, 2.45) is 5.92 Å². The zero-order valence-corrected chi connectivity index (χ0v) is 10.7. The van der Waals surface area contributed by atoms with Crippen LogP contribution in [0.2, 0.25) is 0 Å². The fraction of sp³-hybridized carbons (Fsp3) is 0.333. The van der Waals surface area contributed by atoms with Crippen LogP contribution in [0.5, 0.6) is 0 Å². The molecular formula is C15H17NO2. The summed E-state index contributed by atoms with van der Waals surface area (Å²) >= 11 is 0. The second-order valence-electron chi connectivity index (χ2n) is 4.35. The zero-order chi connectivity index (χ0) is 13.0. The van der Waals surface area contributed by atoms with E-state index in [0.29, 0.717) is 11.5 Å². The van der Waals surface area contributed by atoms with Crippen LogP contribution in [0.3, 0.4) is 0 Å². The minimum atomic E-state index is -0.315. The van der Waals surface area contributed by atoms with E-state index in [-0.39, 0.29) is 5.97 Å². The Balaban J connectivity index is 2.33. The van der Waals surface area contributed by atoms with Gasteiger partial charge in [-0.2, -0.15) is 0 Å². The lowest BCUT2D eigenvalue weighted by molar-refractivity contribution is -0.133. The molecule has 0 unspecified atom stereocenters. The van der Waals surface area contributed by atoms with Gasteiger partial charge in [-0.3, -0.25) is 4.98 Å². The van der Waals surface area contributed by atoms with Crippen molar-refractivity contribution in [1.82, 2.24) is 4.98 Å². The summed E-state index contributed by atoms with van der Waals surface area (Å²) in [7, 11) is 1.40. The van der Waals surface area contributed by atoms with Crippen molar-refractivity contribution in [1.29, 1.82) is 0 Å². The standard InChI is InChI=1S/C15H17NO2/c1-3-13(15(17)18-2)14-8-9-16-10-12(14)7-6-11-4-5-11/h3,6-11H,4-5H2,1-2H3/b7-6+,13-3+. The monoisotopic (exact) mass is 243 g/mol. The molecule has 1 aliphatic rings. The van der Waals surface area contributed by atoms with Gasteiger partial charge in [0.05, 0.1) is 12.7 Å². The summed E-state index contributed by atoms with van der Waals surface area (Å²) in [5.74, 6) is 0.384. The third-order valence-electron chi connectivity index (χ3n) is 3.01. The molecule has 3 heteroatoms.